The molecule has 4 nitrogen and oxygen atoms in total. The fourth-order valence-corrected chi connectivity index (χ4v) is 1.54. The number of nitrogens with zero attached hydrogens (tertiary/aromatic N) is 3. The molecule has 0 radical (unpaired) electrons. The van der Waals surface area contributed by atoms with Gasteiger partial charge in [0.25, 0.3) is 0 Å². The Morgan fingerprint density at radius 3 is 2.29 bits per heavy atom. The van der Waals surface area contributed by atoms with Gasteiger partial charge in [0.15, 0.2) is 21.9 Å². The van der Waals surface area contributed by atoms with Crippen LogP contribution in [0.2, 0.25) is 10.3 Å². The maximum absolute atomic E-state index is 13.1. The molecule has 0 aliphatic rings. The molecule has 0 saturated carbocycles. The van der Waals surface area contributed by atoms with E-state index in [-0.39, 0.29) is 16.1 Å². The van der Waals surface area contributed by atoms with Crippen molar-refractivity contribution >= 4 is 23.2 Å². The molecule has 0 atom stereocenters. The number of aromatic nitrogens is 3. The summed E-state index contributed by atoms with van der Waals surface area (Å²) in [5.74, 6) is -0.178. The van der Waals surface area contributed by atoms with Crippen molar-refractivity contribution in [2.45, 2.75) is 0 Å². The minimum Gasteiger partial charge on any atom is -0.481 e. The summed E-state index contributed by atoms with van der Waals surface area (Å²) < 4.78 is 18.0. The molecule has 0 saturated heterocycles. The monoisotopic (exact) mass is 273 g/mol. The Morgan fingerprint density at radius 1 is 1.18 bits per heavy atom. The maximum atomic E-state index is 13.1. The van der Waals surface area contributed by atoms with Gasteiger partial charge in [-0.15, -0.1) is 0 Å². The van der Waals surface area contributed by atoms with Gasteiger partial charge in [-0.25, -0.2) is 19.3 Å². The lowest BCUT2D eigenvalue weighted by atomic mass is 10.2. The highest BCUT2D eigenvalue weighted by Gasteiger charge is 2.12. The normalized spacial score (nSPS) is 10.4. The van der Waals surface area contributed by atoms with Gasteiger partial charge in [0, 0.05) is 17.8 Å². The summed E-state index contributed by atoms with van der Waals surface area (Å²) in [4.78, 5) is 11.5. The van der Waals surface area contributed by atoms with E-state index in [4.69, 9.17) is 27.9 Å². The number of pyridine rings is 1. The summed E-state index contributed by atoms with van der Waals surface area (Å²) >= 11 is 11.1. The summed E-state index contributed by atoms with van der Waals surface area (Å²) in [5, 5.41) is -0.647. The van der Waals surface area contributed by atoms with Gasteiger partial charge in [-0.1, -0.05) is 23.2 Å². The first-order chi connectivity index (χ1) is 8.11. The van der Waals surface area contributed by atoms with Gasteiger partial charge in [0.2, 0.25) is 5.88 Å². The highest BCUT2D eigenvalue weighted by atomic mass is 35.5. The zero-order chi connectivity index (χ0) is 12.4. The Kier molecular flexibility index (Phi) is 3.40. The quantitative estimate of drug-likeness (QED) is 0.790. The van der Waals surface area contributed by atoms with Crippen LogP contribution in [0.3, 0.4) is 0 Å². The van der Waals surface area contributed by atoms with Crippen molar-refractivity contribution in [3.8, 4) is 17.3 Å². The second-order valence-electron chi connectivity index (χ2n) is 3.03. The first-order valence-electron chi connectivity index (χ1n) is 4.50. The number of hydrogen-bond donors (Lipinski definition) is 0. The Morgan fingerprint density at radius 2 is 1.82 bits per heavy atom. The minimum atomic E-state index is -0.835. The predicted molar refractivity (Wildman–Crippen MR) is 61.8 cm³/mol. The lowest BCUT2D eigenvalue weighted by molar-refractivity contribution is 0.398. The summed E-state index contributed by atoms with van der Waals surface area (Å²) in [6, 6.07) is 3.30. The predicted octanol–water partition coefficient (Wildman–Crippen LogP) is 2.99. The largest absolute Gasteiger partial charge is 0.481 e. The van der Waals surface area contributed by atoms with Crippen molar-refractivity contribution in [3.05, 3.63) is 34.5 Å². The smallest absolute Gasteiger partial charge is 0.212 e. The third-order valence-electron chi connectivity index (χ3n) is 1.97. The van der Waals surface area contributed by atoms with Gasteiger partial charge in [0.1, 0.15) is 0 Å². The molecule has 0 aliphatic carbocycles. The second kappa shape index (κ2) is 4.81. The van der Waals surface area contributed by atoms with E-state index in [9.17, 15) is 4.39 Å². The maximum Gasteiger partial charge on any atom is 0.212 e. The summed E-state index contributed by atoms with van der Waals surface area (Å²) in [7, 11) is 1.50. The summed E-state index contributed by atoms with van der Waals surface area (Å²) in [6.45, 7) is 0. The fourth-order valence-electron chi connectivity index (χ4n) is 1.16. The van der Waals surface area contributed by atoms with Crippen molar-refractivity contribution < 1.29 is 9.13 Å². The van der Waals surface area contributed by atoms with E-state index in [0.717, 1.165) is 0 Å². The Bertz CT molecular complexity index is 525. The van der Waals surface area contributed by atoms with Crippen LogP contribution in [0.4, 0.5) is 4.39 Å². The van der Waals surface area contributed by atoms with E-state index in [0.29, 0.717) is 11.4 Å². The Balaban J connectivity index is 2.45. The molecule has 0 N–H and O–H groups in total. The van der Waals surface area contributed by atoms with Gasteiger partial charge in [0.05, 0.1) is 7.11 Å². The van der Waals surface area contributed by atoms with Crippen molar-refractivity contribution in [3.63, 3.8) is 0 Å². The third-order valence-corrected chi connectivity index (χ3v) is 2.47. The van der Waals surface area contributed by atoms with E-state index in [1.807, 2.05) is 0 Å². The van der Waals surface area contributed by atoms with E-state index in [1.54, 1.807) is 12.1 Å². The molecule has 0 bridgehead atoms. The SMILES string of the molecule is COc1ccc(-c2nc(Cl)c(F)c(Cl)n2)cn1. The molecule has 2 aromatic heterocycles. The van der Waals surface area contributed by atoms with Gasteiger partial charge < -0.3 is 4.74 Å². The number of ether oxygens (including phenoxy) is 1. The van der Waals surface area contributed by atoms with E-state index < -0.39 is 5.82 Å². The van der Waals surface area contributed by atoms with E-state index >= 15 is 0 Å². The molecule has 2 aromatic rings. The van der Waals surface area contributed by atoms with Crippen LogP contribution < -0.4 is 4.74 Å². The third kappa shape index (κ3) is 2.45. The Hall–Kier alpha value is -1.46. The molecule has 0 aromatic carbocycles. The summed E-state index contributed by atoms with van der Waals surface area (Å²) in [5.41, 5.74) is 0.564. The van der Waals surface area contributed by atoms with Crippen LogP contribution in [-0.4, -0.2) is 22.1 Å². The molecule has 0 fully saturated rings. The number of halogens is 3. The average molecular weight is 274 g/mol. The first kappa shape index (κ1) is 12.0. The number of methoxy groups -OCH3 is 1. The van der Waals surface area contributed by atoms with Gasteiger partial charge in [-0.3, -0.25) is 0 Å². The molecule has 88 valence electrons. The molecule has 2 heterocycles. The molecule has 17 heavy (non-hydrogen) atoms. The first-order valence-corrected chi connectivity index (χ1v) is 5.26. The van der Waals surface area contributed by atoms with Crippen LogP contribution >= 0.6 is 23.2 Å². The lowest BCUT2D eigenvalue weighted by Crippen LogP contribution is -1.95. The summed E-state index contributed by atoms with van der Waals surface area (Å²) in [6.07, 6.45) is 1.48. The molecular weight excluding hydrogens is 268 g/mol. The van der Waals surface area contributed by atoms with Gasteiger partial charge in [-0.2, -0.15) is 0 Å². The van der Waals surface area contributed by atoms with Crippen molar-refractivity contribution in [1.29, 1.82) is 0 Å². The zero-order valence-electron chi connectivity index (χ0n) is 8.62. The molecular formula is C10H6Cl2FN3O. The molecule has 0 aliphatic heterocycles. The van der Waals surface area contributed by atoms with Gasteiger partial charge >= 0.3 is 0 Å². The van der Waals surface area contributed by atoms with Crippen LogP contribution in [0.1, 0.15) is 0 Å². The number of hydrogen-bond acceptors (Lipinski definition) is 4. The molecule has 0 unspecified atom stereocenters. The Labute approximate surface area is 106 Å². The average Bonchev–Trinajstić information content (AvgIpc) is 2.35. The van der Waals surface area contributed by atoms with Gasteiger partial charge in [-0.05, 0) is 6.07 Å². The fraction of sp³-hybridized carbons (Fsp3) is 0.100. The molecule has 7 heteroatoms. The van der Waals surface area contributed by atoms with Crippen LogP contribution in [0.5, 0.6) is 5.88 Å². The number of rotatable bonds is 2. The van der Waals surface area contributed by atoms with Crippen molar-refractivity contribution in [2.75, 3.05) is 7.11 Å². The highest BCUT2D eigenvalue weighted by molar-refractivity contribution is 6.33. The second-order valence-corrected chi connectivity index (χ2v) is 3.75. The van der Waals surface area contributed by atoms with Crippen LogP contribution in [-0.2, 0) is 0 Å². The standard InChI is InChI=1S/C10H6Cl2FN3O/c1-17-6-3-2-5(4-14-6)10-15-8(11)7(13)9(12)16-10/h2-4H,1H3. The van der Waals surface area contributed by atoms with E-state index in [2.05, 4.69) is 15.0 Å². The zero-order valence-corrected chi connectivity index (χ0v) is 10.1. The van der Waals surface area contributed by atoms with Crippen LogP contribution in [0, 0.1) is 5.82 Å². The van der Waals surface area contributed by atoms with Crippen molar-refractivity contribution in [2.24, 2.45) is 0 Å². The topological polar surface area (TPSA) is 47.9 Å². The molecule has 0 amide bonds. The molecule has 0 spiro atoms. The van der Waals surface area contributed by atoms with Crippen molar-refractivity contribution in [1.82, 2.24) is 15.0 Å². The lowest BCUT2D eigenvalue weighted by Gasteiger charge is -2.03. The van der Waals surface area contributed by atoms with E-state index in [1.165, 1.54) is 13.3 Å². The highest BCUT2D eigenvalue weighted by Crippen LogP contribution is 2.24. The van der Waals surface area contributed by atoms with Crippen LogP contribution in [0.15, 0.2) is 18.3 Å². The van der Waals surface area contributed by atoms with Crippen LogP contribution in [0.25, 0.3) is 11.4 Å². The molecule has 2 rings (SSSR count). The minimum absolute atomic E-state index is 0.205.